The molecule has 25 heavy (non-hydrogen) atoms. The van der Waals surface area contributed by atoms with Gasteiger partial charge in [0.25, 0.3) is 0 Å². The van der Waals surface area contributed by atoms with E-state index in [4.69, 9.17) is 4.74 Å². The van der Waals surface area contributed by atoms with Gasteiger partial charge in [-0.1, -0.05) is 12.1 Å². The molecule has 6 heteroatoms. The summed E-state index contributed by atoms with van der Waals surface area (Å²) in [4.78, 5) is 18.6. The molecule has 1 saturated heterocycles. The lowest BCUT2D eigenvalue weighted by Gasteiger charge is -2.36. The van der Waals surface area contributed by atoms with E-state index in [9.17, 15) is 9.90 Å². The van der Waals surface area contributed by atoms with Crippen molar-refractivity contribution in [1.29, 1.82) is 0 Å². The number of fused-ring (bicyclic) bond motifs is 2. The van der Waals surface area contributed by atoms with Crippen LogP contribution in [0.15, 0.2) is 30.6 Å². The van der Waals surface area contributed by atoms with Gasteiger partial charge < -0.3 is 19.3 Å². The number of hydrogen-bond donors (Lipinski definition) is 1. The van der Waals surface area contributed by atoms with Crippen molar-refractivity contribution >= 4 is 16.9 Å². The minimum atomic E-state index is -0.402. The summed E-state index contributed by atoms with van der Waals surface area (Å²) in [6.07, 6.45) is 3.05. The number of aliphatic hydroxyl groups excluding tert-OH is 1. The van der Waals surface area contributed by atoms with Gasteiger partial charge in [0.1, 0.15) is 6.61 Å². The standard InChI is InChI=1S/C19H25N3O3/c1-2-25-11-19(24)21-9-13-7-17(18(23)8-14(13)10-21)22-12-20-15-5-3-4-6-16(15)22/h3-6,12-14,17-18,23H,2,7-11H2,1H3/t13-,14+,17-,18-/m1/s1. The van der Waals surface area contributed by atoms with Gasteiger partial charge in [-0.05, 0) is 43.7 Å². The summed E-state index contributed by atoms with van der Waals surface area (Å²) in [5.74, 6) is 0.877. The smallest absolute Gasteiger partial charge is 0.248 e. The third-order valence-corrected chi connectivity index (χ3v) is 5.73. The first-order valence-corrected chi connectivity index (χ1v) is 9.12. The Bertz CT molecular complexity index is 759. The molecule has 0 bridgehead atoms. The Hall–Kier alpha value is -1.92. The molecule has 4 atom stereocenters. The summed E-state index contributed by atoms with van der Waals surface area (Å²) in [5.41, 5.74) is 2.02. The fourth-order valence-corrected chi connectivity index (χ4v) is 4.43. The van der Waals surface area contributed by atoms with E-state index in [1.54, 1.807) is 0 Å². The maximum absolute atomic E-state index is 12.2. The molecule has 0 spiro atoms. The molecule has 0 unspecified atom stereocenters. The third kappa shape index (κ3) is 3.04. The van der Waals surface area contributed by atoms with Gasteiger partial charge in [-0.15, -0.1) is 0 Å². The first-order chi connectivity index (χ1) is 12.2. The van der Waals surface area contributed by atoms with Crippen LogP contribution in [0, 0.1) is 11.8 Å². The Morgan fingerprint density at radius 3 is 2.84 bits per heavy atom. The number of rotatable bonds is 4. The molecule has 2 aliphatic rings. The molecule has 134 valence electrons. The minimum Gasteiger partial charge on any atom is -0.391 e. The van der Waals surface area contributed by atoms with Crippen molar-refractivity contribution in [2.24, 2.45) is 11.8 Å². The second-order valence-corrected chi connectivity index (χ2v) is 7.20. The van der Waals surface area contributed by atoms with Gasteiger partial charge in [0, 0.05) is 19.7 Å². The highest BCUT2D eigenvalue weighted by molar-refractivity contribution is 5.78. The number of carbonyl (C=O) groups excluding carboxylic acids is 1. The van der Waals surface area contributed by atoms with Crippen LogP contribution in [0.2, 0.25) is 0 Å². The highest BCUT2D eigenvalue weighted by Gasteiger charge is 2.43. The molecule has 6 nitrogen and oxygen atoms in total. The molecule has 1 aromatic heterocycles. The number of likely N-dealkylation sites (tertiary alicyclic amines) is 1. The summed E-state index contributed by atoms with van der Waals surface area (Å²) in [7, 11) is 0. The lowest BCUT2D eigenvalue weighted by molar-refractivity contribution is -0.135. The molecule has 4 rings (SSSR count). The quantitative estimate of drug-likeness (QED) is 0.920. The molecule has 2 heterocycles. The van der Waals surface area contributed by atoms with E-state index >= 15 is 0 Å². The van der Waals surface area contributed by atoms with E-state index in [1.165, 1.54) is 0 Å². The fourth-order valence-electron chi connectivity index (χ4n) is 4.43. The lowest BCUT2D eigenvalue weighted by atomic mass is 9.77. The molecule has 2 aromatic rings. The van der Waals surface area contributed by atoms with Crippen molar-refractivity contribution in [3.05, 3.63) is 30.6 Å². The van der Waals surface area contributed by atoms with Crippen molar-refractivity contribution in [3.8, 4) is 0 Å². The van der Waals surface area contributed by atoms with Crippen molar-refractivity contribution < 1.29 is 14.6 Å². The number of para-hydroxylation sites is 2. The molecule has 2 fully saturated rings. The number of nitrogens with zero attached hydrogens (tertiary/aromatic N) is 3. The number of aliphatic hydroxyl groups is 1. The zero-order chi connectivity index (χ0) is 17.4. The van der Waals surface area contributed by atoms with Crippen molar-refractivity contribution in [2.45, 2.75) is 31.9 Å². The predicted octanol–water partition coefficient (Wildman–Crippen LogP) is 1.84. The molecule has 1 N–H and O–H groups in total. The van der Waals surface area contributed by atoms with E-state index in [1.807, 2.05) is 42.4 Å². The van der Waals surface area contributed by atoms with E-state index in [2.05, 4.69) is 9.55 Å². The Morgan fingerprint density at radius 1 is 1.28 bits per heavy atom. The third-order valence-electron chi connectivity index (χ3n) is 5.73. The van der Waals surface area contributed by atoms with E-state index in [0.29, 0.717) is 18.4 Å². The highest BCUT2D eigenvalue weighted by Crippen LogP contribution is 2.42. The average Bonchev–Trinajstić information content (AvgIpc) is 3.22. The van der Waals surface area contributed by atoms with Crippen LogP contribution in [0.3, 0.4) is 0 Å². The second-order valence-electron chi connectivity index (χ2n) is 7.20. The number of ether oxygens (including phenoxy) is 1. The van der Waals surface area contributed by atoms with Crippen LogP contribution in [0.5, 0.6) is 0 Å². The Kier molecular flexibility index (Phi) is 4.48. The Morgan fingerprint density at radius 2 is 2.04 bits per heavy atom. The van der Waals surface area contributed by atoms with Crippen molar-refractivity contribution in [1.82, 2.24) is 14.5 Å². The zero-order valence-electron chi connectivity index (χ0n) is 14.5. The Labute approximate surface area is 147 Å². The largest absolute Gasteiger partial charge is 0.391 e. The normalized spacial score (nSPS) is 29.1. The summed E-state index contributed by atoms with van der Waals surface area (Å²) < 4.78 is 7.37. The van der Waals surface area contributed by atoms with E-state index in [0.717, 1.165) is 37.0 Å². The fraction of sp³-hybridized carbons (Fsp3) is 0.579. The van der Waals surface area contributed by atoms with E-state index < -0.39 is 6.10 Å². The number of carbonyl (C=O) groups is 1. The van der Waals surface area contributed by atoms with Gasteiger partial charge >= 0.3 is 0 Å². The van der Waals surface area contributed by atoms with Gasteiger partial charge in [0.15, 0.2) is 0 Å². The summed E-state index contributed by atoms with van der Waals surface area (Å²) in [5, 5.41) is 10.7. The number of benzene rings is 1. The van der Waals surface area contributed by atoms with Gasteiger partial charge in [-0.25, -0.2) is 4.98 Å². The Balaban J connectivity index is 1.50. The highest BCUT2D eigenvalue weighted by atomic mass is 16.5. The summed E-state index contributed by atoms with van der Waals surface area (Å²) in [6.45, 7) is 4.12. The van der Waals surface area contributed by atoms with Crippen LogP contribution < -0.4 is 0 Å². The molecule has 1 aromatic carbocycles. The summed E-state index contributed by atoms with van der Waals surface area (Å²) >= 11 is 0. The van der Waals surface area contributed by atoms with Crippen LogP contribution in [-0.2, 0) is 9.53 Å². The molecule has 1 amide bonds. The molecule has 1 saturated carbocycles. The number of hydrogen-bond acceptors (Lipinski definition) is 4. The van der Waals surface area contributed by atoms with Crippen LogP contribution >= 0.6 is 0 Å². The minimum absolute atomic E-state index is 0.0237. The molecule has 0 radical (unpaired) electrons. The van der Waals surface area contributed by atoms with Gasteiger partial charge in [0.05, 0.1) is 29.5 Å². The first kappa shape index (κ1) is 16.5. The lowest BCUT2D eigenvalue weighted by Crippen LogP contribution is -2.36. The van der Waals surface area contributed by atoms with Crippen molar-refractivity contribution in [3.63, 3.8) is 0 Å². The van der Waals surface area contributed by atoms with Gasteiger partial charge in [-0.2, -0.15) is 0 Å². The zero-order valence-corrected chi connectivity index (χ0v) is 14.5. The SMILES string of the molecule is CCOCC(=O)N1C[C@H]2C[C@@H](n3cnc4ccccc43)[C@H](O)C[C@H]2C1. The van der Waals surface area contributed by atoms with Crippen LogP contribution in [0.4, 0.5) is 0 Å². The maximum atomic E-state index is 12.2. The molecular formula is C19H25N3O3. The topological polar surface area (TPSA) is 67.6 Å². The number of aromatic nitrogens is 2. The van der Waals surface area contributed by atoms with Crippen LogP contribution in [-0.4, -0.2) is 57.9 Å². The maximum Gasteiger partial charge on any atom is 0.248 e. The van der Waals surface area contributed by atoms with Crippen LogP contribution in [0.25, 0.3) is 11.0 Å². The first-order valence-electron chi connectivity index (χ1n) is 9.12. The number of amides is 1. The summed E-state index contributed by atoms with van der Waals surface area (Å²) in [6, 6.07) is 8.05. The molecule has 1 aliphatic heterocycles. The van der Waals surface area contributed by atoms with Crippen molar-refractivity contribution in [2.75, 3.05) is 26.3 Å². The average molecular weight is 343 g/mol. The molecule has 1 aliphatic carbocycles. The van der Waals surface area contributed by atoms with E-state index in [-0.39, 0.29) is 18.6 Å². The number of imidazole rings is 1. The monoisotopic (exact) mass is 343 g/mol. The van der Waals surface area contributed by atoms with Gasteiger partial charge in [-0.3, -0.25) is 4.79 Å². The predicted molar refractivity (Wildman–Crippen MR) is 94.1 cm³/mol. The second kappa shape index (κ2) is 6.77. The van der Waals surface area contributed by atoms with Gasteiger partial charge in [0.2, 0.25) is 5.91 Å². The van der Waals surface area contributed by atoms with Crippen LogP contribution in [0.1, 0.15) is 25.8 Å². The molecular weight excluding hydrogens is 318 g/mol.